The SMILES string of the molecule is CN=C(NCCN(C)CC(F)(F)F)N1CCN(Cc2ccc3c(c2)OCO3)CC1.I. The van der Waals surface area contributed by atoms with Gasteiger partial charge in [-0.2, -0.15) is 13.2 Å². The fourth-order valence-electron chi connectivity index (χ4n) is 3.49. The lowest BCUT2D eigenvalue weighted by Gasteiger charge is -2.36. The molecule has 1 saturated heterocycles. The molecule has 3 rings (SSSR count). The van der Waals surface area contributed by atoms with Gasteiger partial charge < -0.3 is 19.7 Å². The van der Waals surface area contributed by atoms with E-state index in [9.17, 15) is 13.2 Å². The fraction of sp³-hybridized carbons (Fsp3) is 0.632. The summed E-state index contributed by atoms with van der Waals surface area (Å²) in [4.78, 5) is 10.0. The first-order chi connectivity index (χ1) is 13.8. The van der Waals surface area contributed by atoms with Gasteiger partial charge in [-0.05, 0) is 24.7 Å². The van der Waals surface area contributed by atoms with Gasteiger partial charge in [-0.1, -0.05) is 6.07 Å². The maximum atomic E-state index is 12.4. The molecule has 0 amide bonds. The van der Waals surface area contributed by atoms with Crippen LogP contribution in [0.15, 0.2) is 23.2 Å². The molecule has 0 radical (unpaired) electrons. The molecule has 1 N–H and O–H groups in total. The van der Waals surface area contributed by atoms with Gasteiger partial charge in [0.05, 0.1) is 6.54 Å². The number of likely N-dealkylation sites (N-methyl/N-ethyl adjacent to an activating group) is 1. The number of hydrogen-bond acceptors (Lipinski definition) is 5. The van der Waals surface area contributed by atoms with Crippen molar-refractivity contribution in [2.24, 2.45) is 4.99 Å². The number of ether oxygens (including phenoxy) is 2. The third kappa shape index (κ3) is 7.34. The Morgan fingerprint density at radius 3 is 2.53 bits per heavy atom. The van der Waals surface area contributed by atoms with Crippen LogP contribution in [-0.4, -0.2) is 93.5 Å². The van der Waals surface area contributed by atoms with E-state index in [1.807, 2.05) is 12.1 Å². The van der Waals surface area contributed by atoms with Crippen LogP contribution < -0.4 is 14.8 Å². The third-order valence-electron chi connectivity index (χ3n) is 4.95. The lowest BCUT2D eigenvalue weighted by Crippen LogP contribution is -2.53. The number of benzene rings is 1. The molecule has 0 unspecified atom stereocenters. The van der Waals surface area contributed by atoms with E-state index in [0.717, 1.165) is 50.2 Å². The predicted molar refractivity (Wildman–Crippen MR) is 120 cm³/mol. The summed E-state index contributed by atoms with van der Waals surface area (Å²) in [5.74, 6) is 2.31. The molecule has 0 aliphatic carbocycles. The van der Waals surface area contributed by atoms with Gasteiger partial charge in [0.2, 0.25) is 6.79 Å². The van der Waals surface area contributed by atoms with Crippen molar-refractivity contribution in [2.45, 2.75) is 12.7 Å². The minimum atomic E-state index is -4.18. The second-order valence-electron chi connectivity index (χ2n) is 7.28. The molecule has 0 saturated carbocycles. The first-order valence-corrected chi connectivity index (χ1v) is 9.66. The Labute approximate surface area is 192 Å². The highest BCUT2D eigenvalue weighted by molar-refractivity contribution is 14.0. The van der Waals surface area contributed by atoms with E-state index in [-0.39, 0.29) is 30.8 Å². The van der Waals surface area contributed by atoms with Crippen LogP contribution in [0.5, 0.6) is 11.5 Å². The largest absolute Gasteiger partial charge is 0.454 e. The average molecular weight is 543 g/mol. The second kappa shape index (κ2) is 11.2. The average Bonchev–Trinajstić information content (AvgIpc) is 3.12. The normalized spacial score (nSPS) is 17.3. The zero-order chi connectivity index (χ0) is 20.9. The highest BCUT2D eigenvalue weighted by atomic mass is 127. The molecule has 30 heavy (non-hydrogen) atoms. The van der Waals surface area contributed by atoms with E-state index in [1.165, 1.54) is 17.5 Å². The Balaban J connectivity index is 0.00000320. The maximum absolute atomic E-state index is 12.4. The topological polar surface area (TPSA) is 52.6 Å². The molecule has 0 aromatic heterocycles. The van der Waals surface area contributed by atoms with Crippen LogP contribution in [-0.2, 0) is 6.54 Å². The zero-order valence-corrected chi connectivity index (χ0v) is 19.6. The first kappa shape index (κ1) is 24.8. The molecule has 0 spiro atoms. The Kier molecular flexibility index (Phi) is 9.29. The molecule has 170 valence electrons. The lowest BCUT2D eigenvalue weighted by molar-refractivity contribution is -0.142. The monoisotopic (exact) mass is 543 g/mol. The second-order valence-corrected chi connectivity index (χ2v) is 7.28. The summed E-state index contributed by atoms with van der Waals surface area (Å²) in [6.07, 6.45) is -4.18. The van der Waals surface area contributed by atoms with E-state index in [0.29, 0.717) is 13.1 Å². The van der Waals surface area contributed by atoms with E-state index in [4.69, 9.17) is 9.47 Å². The zero-order valence-electron chi connectivity index (χ0n) is 17.2. The van der Waals surface area contributed by atoms with Gasteiger partial charge in [0.25, 0.3) is 0 Å². The van der Waals surface area contributed by atoms with Crippen molar-refractivity contribution in [3.8, 4) is 11.5 Å². The number of guanidine groups is 1. The molecule has 2 aliphatic heterocycles. The van der Waals surface area contributed by atoms with Crippen molar-refractivity contribution < 1.29 is 22.6 Å². The van der Waals surface area contributed by atoms with Crippen LogP contribution in [0, 0.1) is 0 Å². The van der Waals surface area contributed by atoms with Crippen LogP contribution in [0.3, 0.4) is 0 Å². The van der Waals surface area contributed by atoms with Crippen molar-refractivity contribution in [2.75, 3.05) is 66.7 Å². The summed E-state index contributed by atoms with van der Waals surface area (Å²) in [5.41, 5.74) is 1.18. The standard InChI is InChI=1S/C19H28F3N5O2.HI/c1-23-18(24-5-6-25(2)13-19(20,21)22)27-9-7-26(8-10-27)12-15-3-4-16-17(11-15)29-14-28-16;/h3-4,11H,5-10,12-14H2,1-2H3,(H,23,24);1H. The molecule has 0 bridgehead atoms. The first-order valence-electron chi connectivity index (χ1n) is 9.66. The highest BCUT2D eigenvalue weighted by Gasteiger charge is 2.29. The third-order valence-corrected chi connectivity index (χ3v) is 4.95. The number of halogens is 4. The fourth-order valence-corrected chi connectivity index (χ4v) is 3.49. The Hall–Kier alpha value is -1.47. The van der Waals surface area contributed by atoms with E-state index in [1.54, 1.807) is 7.05 Å². The van der Waals surface area contributed by atoms with Gasteiger partial charge in [0, 0.05) is 52.9 Å². The van der Waals surface area contributed by atoms with Crippen molar-refractivity contribution in [1.82, 2.24) is 20.0 Å². The van der Waals surface area contributed by atoms with Crippen LogP contribution >= 0.6 is 24.0 Å². The van der Waals surface area contributed by atoms with Crippen molar-refractivity contribution in [3.63, 3.8) is 0 Å². The van der Waals surface area contributed by atoms with Gasteiger partial charge in [-0.3, -0.25) is 14.8 Å². The number of nitrogens with one attached hydrogen (secondary N) is 1. The Morgan fingerprint density at radius 2 is 1.87 bits per heavy atom. The molecular weight excluding hydrogens is 514 g/mol. The van der Waals surface area contributed by atoms with Crippen LogP contribution in [0.4, 0.5) is 13.2 Å². The molecule has 7 nitrogen and oxygen atoms in total. The molecule has 11 heteroatoms. The number of hydrogen-bond donors (Lipinski definition) is 1. The molecule has 2 aliphatic rings. The van der Waals surface area contributed by atoms with Gasteiger partial charge >= 0.3 is 6.18 Å². The lowest BCUT2D eigenvalue weighted by atomic mass is 10.1. The molecule has 0 atom stereocenters. The minimum Gasteiger partial charge on any atom is -0.454 e. The summed E-state index contributed by atoms with van der Waals surface area (Å²) >= 11 is 0. The van der Waals surface area contributed by atoms with Crippen LogP contribution in [0.1, 0.15) is 5.56 Å². The summed E-state index contributed by atoms with van der Waals surface area (Å²) in [5, 5.41) is 3.17. The molecular formula is C19H29F3IN5O2. The van der Waals surface area contributed by atoms with Crippen LogP contribution in [0.2, 0.25) is 0 Å². The number of fused-ring (bicyclic) bond motifs is 1. The molecule has 2 heterocycles. The van der Waals surface area contributed by atoms with Crippen molar-refractivity contribution >= 4 is 29.9 Å². The summed E-state index contributed by atoms with van der Waals surface area (Å²) in [7, 11) is 3.16. The Bertz CT molecular complexity index is 712. The van der Waals surface area contributed by atoms with Crippen LogP contribution in [0.25, 0.3) is 0 Å². The summed E-state index contributed by atoms with van der Waals surface area (Å²) in [6, 6.07) is 6.01. The van der Waals surface area contributed by atoms with E-state index < -0.39 is 12.7 Å². The van der Waals surface area contributed by atoms with E-state index >= 15 is 0 Å². The van der Waals surface area contributed by atoms with E-state index in [2.05, 4.69) is 26.2 Å². The quantitative estimate of drug-likeness (QED) is 0.338. The molecule has 1 aromatic rings. The molecule has 1 fully saturated rings. The number of rotatable bonds is 6. The summed E-state index contributed by atoms with van der Waals surface area (Å²) in [6.45, 7) is 4.27. The van der Waals surface area contributed by atoms with Gasteiger partial charge in [-0.15, -0.1) is 24.0 Å². The number of aliphatic imine (C=N–C) groups is 1. The van der Waals surface area contributed by atoms with Gasteiger partial charge in [0.1, 0.15) is 0 Å². The highest BCUT2D eigenvalue weighted by Crippen LogP contribution is 2.32. The predicted octanol–water partition coefficient (Wildman–Crippen LogP) is 2.22. The van der Waals surface area contributed by atoms with Gasteiger partial charge in [-0.25, -0.2) is 0 Å². The number of piperazine rings is 1. The summed E-state index contributed by atoms with van der Waals surface area (Å²) < 4.78 is 48.0. The van der Waals surface area contributed by atoms with Crippen molar-refractivity contribution in [3.05, 3.63) is 23.8 Å². The Morgan fingerprint density at radius 1 is 1.17 bits per heavy atom. The van der Waals surface area contributed by atoms with Crippen molar-refractivity contribution in [1.29, 1.82) is 0 Å². The minimum absolute atomic E-state index is 0. The maximum Gasteiger partial charge on any atom is 0.401 e. The van der Waals surface area contributed by atoms with Gasteiger partial charge in [0.15, 0.2) is 17.5 Å². The number of nitrogens with zero attached hydrogens (tertiary/aromatic N) is 4. The number of alkyl halides is 3. The smallest absolute Gasteiger partial charge is 0.401 e. The molecule has 1 aromatic carbocycles.